The highest BCUT2D eigenvalue weighted by Crippen LogP contribution is 2.20. The summed E-state index contributed by atoms with van der Waals surface area (Å²) in [5.74, 6) is 1.85. The molecule has 1 unspecified atom stereocenters. The van der Waals surface area contributed by atoms with Crippen LogP contribution in [0.1, 0.15) is 37.7 Å². The maximum Gasteiger partial charge on any atom is 0.183 e. The minimum Gasteiger partial charge on any atom is -0.497 e. The molecule has 1 aromatic rings. The van der Waals surface area contributed by atoms with Gasteiger partial charge in [0.1, 0.15) is 5.75 Å². The molecule has 1 aliphatic rings. The Balaban J connectivity index is 1.93. The first-order valence-corrected chi connectivity index (χ1v) is 7.05. The normalized spacial score (nSPS) is 19.5. The van der Waals surface area contributed by atoms with Gasteiger partial charge in [0.2, 0.25) is 0 Å². The van der Waals surface area contributed by atoms with Gasteiger partial charge in [-0.3, -0.25) is 4.99 Å². The number of ether oxygens (including phenoxy) is 2. The molecule has 1 aliphatic heterocycles. The topological polar surface area (TPSA) is 30.8 Å². The van der Waals surface area contributed by atoms with E-state index in [4.69, 9.17) is 14.5 Å². The van der Waals surface area contributed by atoms with Gasteiger partial charge in [-0.15, -0.1) is 0 Å². The van der Waals surface area contributed by atoms with Gasteiger partial charge in [0.05, 0.1) is 20.3 Å². The van der Waals surface area contributed by atoms with Crippen molar-refractivity contribution in [1.29, 1.82) is 0 Å². The van der Waals surface area contributed by atoms with E-state index in [-0.39, 0.29) is 0 Å². The molecule has 0 saturated heterocycles. The summed E-state index contributed by atoms with van der Waals surface area (Å²) in [7, 11) is 3.43. The molecule has 0 aromatic heterocycles. The van der Waals surface area contributed by atoms with E-state index >= 15 is 0 Å². The molecule has 1 atom stereocenters. The van der Waals surface area contributed by atoms with Crippen molar-refractivity contribution in [3.8, 4) is 5.75 Å². The van der Waals surface area contributed by atoms with Crippen LogP contribution >= 0.6 is 0 Å². The first kappa shape index (κ1) is 13.9. The quantitative estimate of drug-likeness (QED) is 0.829. The molecule has 3 nitrogen and oxygen atoms in total. The van der Waals surface area contributed by atoms with E-state index < -0.39 is 0 Å². The molecule has 0 N–H and O–H groups in total. The van der Waals surface area contributed by atoms with Crippen LogP contribution in [0.3, 0.4) is 0 Å². The fraction of sp³-hybridized carbons (Fsp3) is 0.562. The molecule has 104 valence electrons. The van der Waals surface area contributed by atoms with E-state index in [2.05, 4.69) is 12.1 Å². The Morgan fingerprint density at radius 2 is 2.11 bits per heavy atom. The average Bonchev–Trinajstić information content (AvgIpc) is 2.70. The molecule has 0 fully saturated rings. The van der Waals surface area contributed by atoms with Crippen molar-refractivity contribution in [1.82, 2.24) is 0 Å². The van der Waals surface area contributed by atoms with Gasteiger partial charge in [0, 0.05) is 6.42 Å². The van der Waals surface area contributed by atoms with E-state index in [1.165, 1.54) is 24.8 Å². The van der Waals surface area contributed by atoms with Crippen LogP contribution in [-0.4, -0.2) is 26.2 Å². The maximum atomic E-state index is 5.32. The molecule has 19 heavy (non-hydrogen) atoms. The summed E-state index contributed by atoms with van der Waals surface area (Å²) in [5, 5.41) is 0. The monoisotopic (exact) mass is 261 g/mol. The fourth-order valence-corrected chi connectivity index (χ4v) is 2.51. The van der Waals surface area contributed by atoms with E-state index in [0.717, 1.165) is 30.9 Å². The second-order valence-corrected chi connectivity index (χ2v) is 5.02. The highest BCUT2D eigenvalue weighted by atomic mass is 16.5. The number of nitrogens with zero attached hydrogens (tertiary/aromatic N) is 1. The number of benzene rings is 1. The molecule has 1 heterocycles. The zero-order valence-corrected chi connectivity index (χ0v) is 11.9. The van der Waals surface area contributed by atoms with Crippen LogP contribution in [0.4, 0.5) is 0 Å². The third kappa shape index (κ3) is 4.27. The van der Waals surface area contributed by atoms with Crippen molar-refractivity contribution >= 4 is 5.90 Å². The first-order chi connectivity index (χ1) is 9.31. The lowest BCUT2D eigenvalue weighted by Gasteiger charge is -2.11. The molecule has 0 spiro atoms. The molecule has 3 heteroatoms. The van der Waals surface area contributed by atoms with Crippen LogP contribution in [0.5, 0.6) is 5.75 Å². The molecule has 1 aromatic carbocycles. The van der Waals surface area contributed by atoms with Gasteiger partial charge in [0.15, 0.2) is 5.90 Å². The van der Waals surface area contributed by atoms with Gasteiger partial charge in [-0.1, -0.05) is 18.6 Å². The molecular weight excluding hydrogens is 238 g/mol. The van der Waals surface area contributed by atoms with Gasteiger partial charge in [-0.25, -0.2) is 0 Å². The van der Waals surface area contributed by atoms with E-state index in [1.807, 2.05) is 12.1 Å². The van der Waals surface area contributed by atoms with Gasteiger partial charge in [-0.2, -0.15) is 0 Å². The number of aryl methyl sites for hydroxylation is 1. The summed E-state index contributed by atoms with van der Waals surface area (Å²) in [6.45, 7) is 0. The Bertz CT molecular complexity index is 429. The number of hydrogen-bond acceptors (Lipinski definition) is 3. The second-order valence-electron chi connectivity index (χ2n) is 5.02. The summed E-state index contributed by atoms with van der Waals surface area (Å²) in [5.41, 5.74) is 1.32. The molecule has 2 rings (SSSR count). The van der Waals surface area contributed by atoms with E-state index in [0.29, 0.717) is 6.04 Å². The highest BCUT2D eigenvalue weighted by molar-refractivity contribution is 5.76. The fourth-order valence-electron chi connectivity index (χ4n) is 2.51. The Morgan fingerprint density at radius 3 is 2.89 bits per heavy atom. The summed E-state index contributed by atoms with van der Waals surface area (Å²) < 4.78 is 10.6. The Labute approximate surface area is 115 Å². The largest absolute Gasteiger partial charge is 0.497 e. The lowest BCUT2D eigenvalue weighted by atomic mass is 10.0. The molecule has 0 saturated carbocycles. The standard InChI is InChI=1S/C16H23NO2/c1-18-15-8-5-6-13(12-15)10-11-14-7-3-4-9-16(17-14)19-2/h5-6,8,12,14H,3-4,7,9-11H2,1-2H3. The van der Waals surface area contributed by atoms with E-state index in [1.54, 1.807) is 14.2 Å². The maximum absolute atomic E-state index is 5.32. The number of rotatable bonds is 4. The number of methoxy groups -OCH3 is 2. The Morgan fingerprint density at radius 1 is 1.21 bits per heavy atom. The van der Waals surface area contributed by atoms with Gasteiger partial charge >= 0.3 is 0 Å². The third-order valence-electron chi connectivity index (χ3n) is 3.64. The molecule has 0 amide bonds. The molecule has 0 radical (unpaired) electrons. The third-order valence-corrected chi connectivity index (χ3v) is 3.64. The van der Waals surface area contributed by atoms with Gasteiger partial charge < -0.3 is 9.47 Å². The summed E-state index contributed by atoms with van der Waals surface area (Å²) in [4.78, 5) is 4.71. The number of aliphatic imine (C=N–C) groups is 1. The summed E-state index contributed by atoms with van der Waals surface area (Å²) in [6.07, 6.45) is 6.74. The zero-order valence-electron chi connectivity index (χ0n) is 11.9. The zero-order chi connectivity index (χ0) is 13.5. The predicted octanol–water partition coefficient (Wildman–Crippen LogP) is 3.62. The van der Waals surface area contributed by atoms with Crippen LogP contribution in [0.2, 0.25) is 0 Å². The second kappa shape index (κ2) is 7.17. The SMILES string of the molecule is COC1=NC(CCc2cccc(OC)c2)CCCC1. The van der Waals surface area contributed by atoms with Crippen molar-refractivity contribution in [3.05, 3.63) is 29.8 Å². The van der Waals surface area contributed by atoms with Crippen LogP contribution in [0, 0.1) is 0 Å². The molecule has 0 aliphatic carbocycles. The summed E-state index contributed by atoms with van der Waals surface area (Å²) >= 11 is 0. The highest BCUT2D eigenvalue weighted by Gasteiger charge is 2.13. The van der Waals surface area contributed by atoms with Crippen LogP contribution in [0.25, 0.3) is 0 Å². The van der Waals surface area contributed by atoms with Crippen molar-refractivity contribution in [2.24, 2.45) is 4.99 Å². The molecular formula is C16H23NO2. The van der Waals surface area contributed by atoms with Crippen LogP contribution in [-0.2, 0) is 11.2 Å². The van der Waals surface area contributed by atoms with Crippen LogP contribution < -0.4 is 4.74 Å². The minimum absolute atomic E-state index is 0.406. The smallest absolute Gasteiger partial charge is 0.183 e. The Kier molecular flexibility index (Phi) is 5.25. The molecule has 0 bridgehead atoms. The van der Waals surface area contributed by atoms with Gasteiger partial charge in [-0.05, 0) is 43.4 Å². The lowest BCUT2D eigenvalue weighted by molar-refractivity contribution is 0.385. The first-order valence-electron chi connectivity index (χ1n) is 7.05. The minimum atomic E-state index is 0.406. The van der Waals surface area contributed by atoms with Crippen molar-refractivity contribution in [3.63, 3.8) is 0 Å². The van der Waals surface area contributed by atoms with Crippen molar-refractivity contribution in [2.45, 2.75) is 44.6 Å². The van der Waals surface area contributed by atoms with Crippen LogP contribution in [0.15, 0.2) is 29.3 Å². The Hall–Kier alpha value is -1.51. The summed E-state index contributed by atoms with van der Waals surface area (Å²) in [6, 6.07) is 8.70. The lowest BCUT2D eigenvalue weighted by Crippen LogP contribution is -2.09. The predicted molar refractivity (Wildman–Crippen MR) is 78.0 cm³/mol. The number of hydrogen-bond donors (Lipinski definition) is 0. The van der Waals surface area contributed by atoms with Gasteiger partial charge in [0.25, 0.3) is 0 Å². The van der Waals surface area contributed by atoms with Crippen molar-refractivity contribution < 1.29 is 9.47 Å². The average molecular weight is 261 g/mol. The van der Waals surface area contributed by atoms with Crippen molar-refractivity contribution in [2.75, 3.05) is 14.2 Å². The van der Waals surface area contributed by atoms with E-state index in [9.17, 15) is 0 Å².